The summed E-state index contributed by atoms with van der Waals surface area (Å²) in [5, 5.41) is 0. The fourth-order valence-electron chi connectivity index (χ4n) is 5.21. The van der Waals surface area contributed by atoms with Crippen LogP contribution >= 0.6 is 0 Å². The third kappa shape index (κ3) is 7.25. The Kier molecular flexibility index (Phi) is 9.79. The summed E-state index contributed by atoms with van der Waals surface area (Å²) in [6.45, 7) is 2.16. The zero-order valence-corrected chi connectivity index (χ0v) is 24.6. The molecule has 5 aromatic rings. The highest BCUT2D eigenvalue weighted by Gasteiger charge is 2.41. The maximum atomic E-state index is 15.2. The average molecular weight is 641 g/mol. The predicted octanol–water partition coefficient (Wildman–Crippen LogP) is 11.8. The third-order valence-electron chi connectivity index (χ3n) is 7.64. The van der Waals surface area contributed by atoms with Gasteiger partial charge < -0.3 is 4.74 Å². The number of unbranched alkanes of at least 4 members (excludes halogenated alkanes) is 3. The van der Waals surface area contributed by atoms with E-state index < -0.39 is 57.9 Å². The number of halogens is 8. The maximum absolute atomic E-state index is 15.2. The van der Waals surface area contributed by atoms with Crippen molar-refractivity contribution in [1.82, 2.24) is 0 Å². The molecule has 0 fully saturated rings. The van der Waals surface area contributed by atoms with E-state index in [9.17, 15) is 26.3 Å². The van der Waals surface area contributed by atoms with Crippen molar-refractivity contribution in [2.75, 3.05) is 0 Å². The van der Waals surface area contributed by atoms with Crippen LogP contribution in [0.15, 0.2) is 91.0 Å². The SMILES string of the molecule is CCCCCCc1ccc(-c2ccc(-c3ccc(-c4cc(F)c(C(F)(F)Oc5ccc(F)c(F)c5)c(F)c4)c(F)c3)c(F)c2)cc1. The van der Waals surface area contributed by atoms with Gasteiger partial charge in [0.05, 0.1) is 0 Å². The summed E-state index contributed by atoms with van der Waals surface area (Å²) in [5.41, 5.74) is 0.346. The molecule has 0 saturated heterocycles. The average Bonchev–Trinajstić information content (AvgIpc) is 3.00. The number of rotatable bonds is 11. The van der Waals surface area contributed by atoms with Crippen LogP contribution in [0.2, 0.25) is 0 Å². The first-order valence-electron chi connectivity index (χ1n) is 14.7. The van der Waals surface area contributed by atoms with Crippen molar-refractivity contribution < 1.29 is 39.9 Å². The normalized spacial score (nSPS) is 11.6. The Morgan fingerprint density at radius 1 is 0.500 bits per heavy atom. The minimum Gasteiger partial charge on any atom is -0.429 e. The molecule has 46 heavy (non-hydrogen) atoms. The molecule has 0 atom stereocenters. The van der Waals surface area contributed by atoms with E-state index in [1.54, 1.807) is 6.07 Å². The molecule has 0 aliphatic carbocycles. The number of hydrogen-bond acceptors (Lipinski definition) is 1. The third-order valence-corrected chi connectivity index (χ3v) is 7.64. The molecule has 0 aliphatic heterocycles. The zero-order valence-electron chi connectivity index (χ0n) is 24.6. The van der Waals surface area contributed by atoms with Crippen molar-refractivity contribution in [3.05, 3.63) is 137 Å². The van der Waals surface area contributed by atoms with Crippen LogP contribution in [0.5, 0.6) is 5.75 Å². The molecular weight excluding hydrogens is 612 g/mol. The minimum atomic E-state index is -4.63. The van der Waals surface area contributed by atoms with Gasteiger partial charge in [-0.25, -0.2) is 26.3 Å². The highest BCUT2D eigenvalue weighted by Crippen LogP contribution is 2.38. The second-order valence-electron chi connectivity index (χ2n) is 10.9. The van der Waals surface area contributed by atoms with Gasteiger partial charge in [0.15, 0.2) is 11.6 Å². The van der Waals surface area contributed by atoms with Crippen molar-refractivity contribution in [3.8, 4) is 39.1 Å². The van der Waals surface area contributed by atoms with E-state index in [4.69, 9.17) is 0 Å². The molecule has 5 aromatic carbocycles. The smallest absolute Gasteiger partial charge is 0.429 e. The molecule has 0 bridgehead atoms. The number of aryl methyl sites for hydroxylation is 1. The van der Waals surface area contributed by atoms with Gasteiger partial charge >= 0.3 is 6.11 Å². The lowest BCUT2D eigenvalue weighted by molar-refractivity contribution is -0.189. The van der Waals surface area contributed by atoms with Crippen LogP contribution in [0.1, 0.15) is 43.7 Å². The number of ether oxygens (including phenoxy) is 1. The largest absolute Gasteiger partial charge is 0.432 e. The first kappa shape index (κ1) is 32.7. The summed E-state index contributed by atoms with van der Waals surface area (Å²) in [7, 11) is 0. The molecule has 1 nitrogen and oxygen atoms in total. The van der Waals surface area contributed by atoms with Crippen molar-refractivity contribution in [2.45, 2.75) is 45.1 Å². The molecule has 9 heteroatoms. The molecule has 0 heterocycles. The van der Waals surface area contributed by atoms with Crippen LogP contribution in [0, 0.1) is 34.9 Å². The van der Waals surface area contributed by atoms with E-state index in [1.165, 1.54) is 43.0 Å². The standard InChI is InChI=1S/C37H28F8O/c1-2-3-4-5-6-22-7-9-23(10-8-22)24-11-14-28(31(39)17-24)25-12-15-29(32(40)18-25)26-19-34(42)36(35(43)20-26)37(44,45)46-27-13-16-30(38)33(41)21-27/h7-21H,2-6H2,1H3. The number of benzene rings is 5. The van der Waals surface area contributed by atoms with Gasteiger partial charge in [-0.05, 0) is 77.1 Å². The molecule has 0 radical (unpaired) electrons. The van der Waals surface area contributed by atoms with Crippen molar-refractivity contribution in [3.63, 3.8) is 0 Å². The Hall–Kier alpha value is -4.66. The Morgan fingerprint density at radius 3 is 1.67 bits per heavy atom. The van der Waals surface area contributed by atoms with Crippen LogP contribution in [0.3, 0.4) is 0 Å². The molecular formula is C37H28F8O. The van der Waals surface area contributed by atoms with E-state index in [0.717, 1.165) is 30.5 Å². The lowest BCUT2D eigenvalue weighted by atomic mass is 9.96. The van der Waals surface area contributed by atoms with Gasteiger partial charge in [-0.2, -0.15) is 8.78 Å². The fraction of sp³-hybridized carbons (Fsp3) is 0.189. The van der Waals surface area contributed by atoms with E-state index in [1.807, 2.05) is 24.3 Å². The summed E-state index contributed by atoms with van der Waals surface area (Å²) in [5.74, 6) is -8.84. The highest BCUT2D eigenvalue weighted by molar-refractivity contribution is 5.74. The number of alkyl halides is 2. The van der Waals surface area contributed by atoms with Gasteiger partial charge in [-0.3, -0.25) is 0 Å². The molecule has 238 valence electrons. The summed E-state index contributed by atoms with van der Waals surface area (Å²) < 4.78 is 120. The molecule has 0 saturated carbocycles. The van der Waals surface area contributed by atoms with Crippen LogP contribution in [0.25, 0.3) is 33.4 Å². The second-order valence-corrected chi connectivity index (χ2v) is 10.9. The summed E-state index contributed by atoms with van der Waals surface area (Å²) in [6.07, 6.45) is 0.986. The summed E-state index contributed by atoms with van der Waals surface area (Å²) in [4.78, 5) is 0. The van der Waals surface area contributed by atoms with E-state index in [2.05, 4.69) is 11.7 Å². The lowest BCUT2D eigenvalue weighted by Gasteiger charge is -2.20. The number of hydrogen-bond donors (Lipinski definition) is 0. The quantitative estimate of drug-likeness (QED) is 0.103. The summed E-state index contributed by atoms with van der Waals surface area (Å²) >= 11 is 0. The van der Waals surface area contributed by atoms with E-state index in [-0.39, 0.29) is 16.7 Å². The molecule has 0 unspecified atom stereocenters. The molecule has 0 aliphatic rings. The Balaban J connectivity index is 1.35. The second kappa shape index (κ2) is 13.8. The zero-order chi connectivity index (χ0) is 33.0. The van der Waals surface area contributed by atoms with Gasteiger partial charge in [0.2, 0.25) is 0 Å². The van der Waals surface area contributed by atoms with Crippen molar-refractivity contribution in [1.29, 1.82) is 0 Å². The molecule has 0 amide bonds. The first-order valence-corrected chi connectivity index (χ1v) is 14.7. The van der Waals surface area contributed by atoms with Crippen molar-refractivity contribution in [2.24, 2.45) is 0 Å². The summed E-state index contributed by atoms with van der Waals surface area (Å²) in [6, 6.07) is 18.3. The van der Waals surface area contributed by atoms with Gasteiger partial charge in [-0.1, -0.05) is 74.7 Å². The Morgan fingerprint density at radius 2 is 1.07 bits per heavy atom. The fourth-order valence-corrected chi connectivity index (χ4v) is 5.21. The first-order chi connectivity index (χ1) is 22.0. The molecule has 0 spiro atoms. The van der Waals surface area contributed by atoms with E-state index in [0.29, 0.717) is 35.9 Å². The topological polar surface area (TPSA) is 9.23 Å². The van der Waals surface area contributed by atoms with Gasteiger partial charge in [-0.15, -0.1) is 0 Å². The van der Waals surface area contributed by atoms with Crippen LogP contribution < -0.4 is 4.74 Å². The van der Waals surface area contributed by atoms with E-state index >= 15 is 8.78 Å². The predicted molar refractivity (Wildman–Crippen MR) is 161 cm³/mol. The Labute approximate surface area is 261 Å². The monoisotopic (exact) mass is 640 g/mol. The van der Waals surface area contributed by atoms with Crippen LogP contribution in [-0.2, 0) is 12.5 Å². The molecule has 5 rings (SSSR count). The van der Waals surface area contributed by atoms with Crippen molar-refractivity contribution >= 4 is 0 Å². The maximum Gasteiger partial charge on any atom is 0.432 e. The van der Waals surface area contributed by atoms with Gasteiger partial charge in [0.1, 0.15) is 34.6 Å². The van der Waals surface area contributed by atoms with Crippen LogP contribution in [-0.4, -0.2) is 0 Å². The highest BCUT2D eigenvalue weighted by atomic mass is 19.3. The minimum absolute atomic E-state index is 0.0866. The molecule has 0 aromatic heterocycles. The van der Waals surface area contributed by atoms with Gasteiger partial charge in [0.25, 0.3) is 0 Å². The van der Waals surface area contributed by atoms with Crippen LogP contribution in [0.4, 0.5) is 35.1 Å². The lowest BCUT2D eigenvalue weighted by Crippen LogP contribution is -2.25. The van der Waals surface area contributed by atoms with Gasteiger partial charge in [0, 0.05) is 17.2 Å². The molecule has 0 N–H and O–H groups in total. The Bertz CT molecular complexity index is 1830.